The van der Waals surface area contributed by atoms with Gasteiger partial charge in [0.25, 0.3) is 0 Å². The Balaban J connectivity index is 5.58. The lowest BCUT2D eigenvalue weighted by Crippen LogP contribution is -2.65. The maximum Gasteiger partial charge on any atom is 0.306 e. The first-order valence-corrected chi connectivity index (χ1v) is 16.1. The topological polar surface area (TPSA) is 141 Å². The van der Waals surface area contributed by atoms with Gasteiger partial charge in [-0.2, -0.15) is 0 Å². The van der Waals surface area contributed by atoms with Crippen molar-refractivity contribution in [2.24, 2.45) is 0 Å². The maximum atomic E-state index is 13.4. The molecule has 0 aromatic heterocycles. The normalized spacial score (nSPS) is 15.3. The Kier molecular flexibility index (Phi) is 23.4. The summed E-state index contributed by atoms with van der Waals surface area (Å²) in [4.78, 5) is 39.1. The van der Waals surface area contributed by atoms with Crippen molar-refractivity contribution in [2.45, 2.75) is 180 Å². The number of carbonyl (C=O) groups is 3. The van der Waals surface area contributed by atoms with Gasteiger partial charge >= 0.3 is 5.97 Å². The lowest BCUT2D eigenvalue weighted by atomic mass is 9.78. The number of esters is 1. The smallest absolute Gasteiger partial charge is 0.306 e. The zero-order valence-corrected chi connectivity index (χ0v) is 25.7. The highest BCUT2D eigenvalue weighted by atomic mass is 16.6. The van der Waals surface area contributed by atoms with Crippen molar-refractivity contribution in [1.29, 1.82) is 0 Å². The maximum absolute atomic E-state index is 13.4. The molecule has 40 heavy (non-hydrogen) atoms. The molecular weight excluding hydrogens is 512 g/mol. The van der Waals surface area contributed by atoms with E-state index in [1.54, 1.807) is 0 Å². The summed E-state index contributed by atoms with van der Waals surface area (Å²) in [5, 5.41) is 42.9. The number of aliphatic hydroxyl groups excluding tert-OH is 3. The molecule has 0 fully saturated rings. The first-order chi connectivity index (χ1) is 19.2. The minimum atomic E-state index is -2.85. The highest BCUT2D eigenvalue weighted by Crippen LogP contribution is 2.28. The first kappa shape index (κ1) is 38.6. The van der Waals surface area contributed by atoms with Crippen LogP contribution in [-0.2, 0) is 19.1 Å². The van der Waals surface area contributed by atoms with Crippen molar-refractivity contribution in [2.75, 3.05) is 6.61 Å². The van der Waals surface area contributed by atoms with Crippen LogP contribution in [0, 0.1) is 0 Å². The van der Waals surface area contributed by atoms with Crippen LogP contribution in [0.2, 0.25) is 0 Å². The summed E-state index contributed by atoms with van der Waals surface area (Å²) in [5.74, 6) is -2.36. The molecule has 0 radical (unpaired) electrons. The number of hydrogen-bond donors (Lipinski definition) is 4. The van der Waals surface area contributed by atoms with Gasteiger partial charge in [0, 0.05) is 19.3 Å². The Labute approximate surface area is 243 Å². The van der Waals surface area contributed by atoms with Gasteiger partial charge in [-0.3, -0.25) is 14.4 Å². The number of aliphatic hydroxyl groups is 4. The third-order valence-electron chi connectivity index (χ3n) is 7.67. The minimum Gasteiger partial charge on any atom is -0.456 e. The average molecular weight is 573 g/mol. The molecule has 0 aromatic carbocycles. The van der Waals surface area contributed by atoms with Crippen molar-refractivity contribution in [3.8, 4) is 0 Å². The molecule has 236 valence electrons. The molecule has 8 heteroatoms. The van der Waals surface area contributed by atoms with Crippen LogP contribution in [0.4, 0.5) is 0 Å². The van der Waals surface area contributed by atoms with Crippen LogP contribution >= 0.6 is 0 Å². The Morgan fingerprint density at radius 1 is 0.625 bits per heavy atom. The molecule has 0 saturated carbocycles. The van der Waals surface area contributed by atoms with E-state index in [1.165, 1.54) is 0 Å². The molecule has 1 unspecified atom stereocenters. The fraction of sp³-hybridized carbons (Fsp3) is 0.906. The van der Waals surface area contributed by atoms with E-state index < -0.39 is 48.1 Å². The van der Waals surface area contributed by atoms with Gasteiger partial charge < -0.3 is 25.2 Å². The van der Waals surface area contributed by atoms with Crippen molar-refractivity contribution in [3.63, 3.8) is 0 Å². The number of ketones is 2. The molecule has 8 nitrogen and oxygen atoms in total. The van der Waals surface area contributed by atoms with Gasteiger partial charge in [-0.1, -0.05) is 117 Å². The number of ether oxygens (including phenoxy) is 1. The van der Waals surface area contributed by atoms with E-state index in [0.717, 1.165) is 96.3 Å². The number of rotatable bonds is 28. The molecule has 0 aliphatic carbocycles. The molecule has 0 saturated heterocycles. The fourth-order valence-electron chi connectivity index (χ4n) is 5.00. The third-order valence-corrected chi connectivity index (χ3v) is 7.67. The van der Waals surface area contributed by atoms with Crippen LogP contribution in [-0.4, -0.2) is 68.5 Å². The largest absolute Gasteiger partial charge is 0.456 e. The molecule has 4 N–H and O–H groups in total. The van der Waals surface area contributed by atoms with E-state index in [1.807, 2.05) is 0 Å². The molecule has 4 atom stereocenters. The van der Waals surface area contributed by atoms with E-state index in [4.69, 9.17) is 4.74 Å². The number of carbonyl (C=O) groups excluding carboxylic acids is 3. The molecule has 0 heterocycles. The Hall–Kier alpha value is -1.35. The summed E-state index contributed by atoms with van der Waals surface area (Å²) < 4.78 is 5.39. The number of Topliss-reactive ketones (excluding diaryl/α,β-unsaturated/α-hetero) is 2. The van der Waals surface area contributed by atoms with Crippen molar-refractivity contribution in [1.82, 2.24) is 0 Å². The summed E-state index contributed by atoms with van der Waals surface area (Å²) in [5.41, 5.74) is -2.85. The van der Waals surface area contributed by atoms with Crippen LogP contribution in [0.5, 0.6) is 0 Å². The van der Waals surface area contributed by atoms with Crippen LogP contribution in [0.15, 0.2) is 0 Å². The Morgan fingerprint density at radius 2 is 1.02 bits per heavy atom. The standard InChI is InChI=1S/C32H60O8/c1-4-7-10-13-16-19-22-26(34)30(38)32(39,28(36)23-20-17-14-11-8-5-2)31(27(35)25-33)40-29(37)24-21-18-15-12-9-6-3/h27,30-31,33,35,38-39H,4-25H2,1-3H3/t27-,30?,31+,32+/m1/s1. The van der Waals surface area contributed by atoms with Gasteiger partial charge in [-0.25, -0.2) is 0 Å². The highest BCUT2D eigenvalue weighted by Gasteiger charge is 2.56. The molecule has 0 spiro atoms. The summed E-state index contributed by atoms with van der Waals surface area (Å²) in [6.07, 6.45) is 10.2. The zero-order valence-electron chi connectivity index (χ0n) is 25.7. The summed E-state index contributed by atoms with van der Waals surface area (Å²) >= 11 is 0. The van der Waals surface area contributed by atoms with Crippen molar-refractivity contribution < 1.29 is 39.5 Å². The van der Waals surface area contributed by atoms with Gasteiger partial charge in [0.15, 0.2) is 29.4 Å². The van der Waals surface area contributed by atoms with E-state index in [2.05, 4.69) is 20.8 Å². The molecular formula is C32H60O8. The number of unbranched alkanes of at least 4 members (excludes halogenated alkanes) is 15. The molecule has 0 aliphatic rings. The SMILES string of the molecule is CCCCCCCCC(=O)O[C@@H]([C@H](O)CO)[C@](O)(C(=O)CCCCCCCC)C(O)C(=O)CCCCCCCC. The predicted molar refractivity (Wildman–Crippen MR) is 158 cm³/mol. The second-order valence-electron chi connectivity index (χ2n) is 11.3. The van der Waals surface area contributed by atoms with E-state index in [9.17, 15) is 34.8 Å². The zero-order chi connectivity index (χ0) is 30.2. The average Bonchev–Trinajstić information content (AvgIpc) is 2.95. The molecule has 0 bridgehead atoms. The lowest BCUT2D eigenvalue weighted by Gasteiger charge is -2.39. The van der Waals surface area contributed by atoms with Crippen LogP contribution in [0.25, 0.3) is 0 Å². The lowest BCUT2D eigenvalue weighted by molar-refractivity contribution is -0.207. The van der Waals surface area contributed by atoms with Crippen LogP contribution < -0.4 is 0 Å². The van der Waals surface area contributed by atoms with Crippen LogP contribution in [0.3, 0.4) is 0 Å². The van der Waals surface area contributed by atoms with Crippen molar-refractivity contribution in [3.05, 3.63) is 0 Å². The second kappa shape index (κ2) is 24.3. The van der Waals surface area contributed by atoms with Crippen molar-refractivity contribution >= 4 is 17.5 Å². The van der Waals surface area contributed by atoms with E-state index in [0.29, 0.717) is 19.3 Å². The van der Waals surface area contributed by atoms with Gasteiger partial charge in [-0.15, -0.1) is 0 Å². The van der Waals surface area contributed by atoms with Gasteiger partial charge in [-0.05, 0) is 19.3 Å². The van der Waals surface area contributed by atoms with Gasteiger partial charge in [0.1, 0.15) is 6.10 Å². The monoisotopic (exact) mass is 572 g/mol. The highest BCUT2D eigenvalue weighted by molar-refractivity contribution is 5.97. The predicted octanol–water partition coefficient (Wildman–Crippen LogP) is 5.73. The molecule has 0 amide bonds. The number of hydrogen-bond acceptors (Lipinski definition) is 8. The Bertz CT molecular complexity index is 667. The molecule has 0 aliphatic heterocycles. The summed E-state index contributed by atoms with van der Waals surface area (Å²) in [7, 11) is 0. The van der Waals surface area contributed by atoms with Gasteiger partial charge in [0.2, 0.25) is 0 Å². The first-order valence-electron chi connectivity index (χ1n) is 16.1. The second-order valence-corrected chi connectivity index (χ2v) is 11.3. The van der Waals surface area contributed by atoms with E-state index >= 15 is 0 Å². The molecule has 0 rings (SSSR count). The van der Waals surface area contributed by atoms with Gasteiger partial charge in [0.05, 0.1) is 6.61 Å². The third kappa shape index (κ3) is 15.6. The van der Waals surface area contributed by atoms with Crippen LogP contribution in [0.1, 0.15) is 156 Å². The summed E-state index contributed by atoms with van der Waals surface area (Å²) in [6, 6.07) is 0. The molecule has 0 aromatic rings. The summed E-state index contributed by atoms with van der Waals surface area (Å²) in [6.45, 7) is 5.42. The fourth-order valence-corrected chi connectivity index (χ4v) is 5.00. The Morgan fingerprint density at radius 3 is 1.48 bits per heavy atom. The minimum absolute atomic E-state index is 0.00424. The quantitative estimate of drug-likeness (QED) is 0.0688. The van der Waals surface area contributed by atoms with E-state index in [-0.39, 0.29) is 19.3 Å².